The van der Waals surface area contributed by atoms with Crippen LogP contribution in [0.2, 0.25) is 0 Å². The number of hydrogen-bond donors (Lipinski definition) is 1. The van der Waals surface area contributed by atoms with E-state index in [9.17, 15) is 4.79 Å². The Labute approximate surface area is 70.2 Å². The number of amides is 1. The highest BCUT2D eigenvalue weighted by atomic mass is 35.5. The zero-order chi connectivity index (χ0) is 7.98. The lowest BCUT2D eigenvalue weighted by Crippen LogP contribution is -2.22. The fourth-order valence-corrected chi connectivity index (χ4v) is 0.595. The van der Waals surface area contributed by atoms with Crippen molar-refractivity contribution in [2.45, 2.75) is 11.3 Å². The van der Waals surface area contributed by atoms with Gasteiger partial charge in [0.05, 0.1) is 0 Å². The maximum absolute atomic E-state index is 10.5. The van der Waals surface area contributed by atoms with Gasteiger partial charge in [-0.2, -0.15) is 0 Å². The summed E-state index contributed by atoms with van der Waals surface area (Å²) in [6, 6.07) is 0. The predicted molar refractivity (Wildman–Crippen MR) is 43.3 cm³/mol. The number of hydrogen-bond acceptors (Lipinski definition) is 1. The Morgan fingerprint density at radius 1 is 1.70 bits per heavy atom. The van der Waals surface area contributed by atoms with Gasteiger partial charge in [-0.1, -0.05) is 6.58 Å². The van der Waals surface area contributed by atoms with Crippen molar-refractivity contribution in [3.63, 3.8) is 0 Å². The number of carbonyl (C=O) groups excluding carboxylic acids is 1. The number of halogens is 2. The van der Waals surface area contributed by atoms with Gasteiger partial charge in [0, 0.05) is 6.54 Å². The molecule has 0 atom stereocenters. The molecule has 0 saturated heterocycles. The van der Waals surface area contributed by atoms with Crippen molar-refractivity contribution in [3.05, 3.63) is 12.7 Å². The minimum atomic E-state index is -0.412. The highest BCUT2D eigenvalue weighted by molar-refractivity contribution is 6.44. The molecule has 0 aromatic heterocycles. The Balaban J connectivity index is 3.19. The highest BCUT2D eigenvalue weighted by Gasteiger charge is 1.98. The van der Waals surface area contributed by atoms with E-state index in [1.807, 2.05) is 0 Å². The highest BCUT2D eigenvalue weighted by Crippen LogP contribution is 2.04. The van der Waals surface area contributed by atoms with Crippen LogP contribution in [-0.4, -0.2) is 17.3 Å². The van der Waals surface area contributed by atoms with E-state index in [0.717, 1.165) is 0 Å². The molecule has 10 heavy (non-hydrogen) atoms. The monoisotopic (exact) mass is 181 g/mol. The summed E-state index contributed by atoms with van der Waals surface area (Å²) in [6.07, 6.45) is 1.76. The maximum Gasteiger partial charge on any atom is 0.243 e. The molecule has 0 aliphatic carbocycles. The first-order chi connectivity index (χ1) is 4.66. The zero-order valence-corrected chi connectivity index (χ0v) is 6.95. The van der Waals surface area contributed by atoms with Crippen LogP contribution >= 0.6 is 23.2 Å². The quantitative estimate of drug-likeness (QED) is 0.517. The van der Waals surface area contributed by atoms with Crippen molar-refractivity contribution in [2.24, 2.45) is 0 Å². The lowest BCUT2D eigenvalue weighted by molar-refractivity contribution is -0.116. The molecular weight excluding hydrogens is 173 g/mol. The molecule has 0 rings (SSSR count). The normalized spacial score (nSPS) is 9.50. The molecule has 0 aliphatic heterocycles. The van der Waals surface area contributed by atoms with Crippen molar-refractivity contribution in [1.29, 1.82) is 0 Å². The van der Waals surface area contributed by atoms with Gasteiger partial charge in [0.2, 0.25) is 5.91 Å². The van der Waals surface area contributed by atoms with Crippen LogP contribution in [0.25, 0.3) is 0 Å². The molecule has 58 valence electrons. The van der Waals surface area contributed by atoms with Gasteiger partial charge in [-0.3, -0.25) is 4.79 Å². The number of nitrogens with one attached hydrogen (secondary N) is 1. The van der Waals surface area contributed by atoms with E-state index in [4.69, 9.17) is 23.2 Å². The van der Waals surface area contributed by atoms with Gasteiger partial charge >= 0.3 is 0 Å². The van der Waals surface area contributed by atoms with Crippen LogP contribution in [0.5, 0.6) is 0 Å². The second-order valence-corrected chi connectivity index (χ2v) is 2.95. The summed E-state index contributed by atoms with van der Waals surface area (Å²) in [7, 11) is 0. The SMILES string of the molecule is C=CC(=O)NCCC(Cl)Cl. The first-order valence-corrected chi connectivity index (χ1v) is 3.72. The molecule has 0 aliphatic rings. The third kappa shape index (κ3) is 5.92. The third-order valence-electron chi connectivity index (χ3n) is 0.847. The molecule has 0 heterocycles. The Bertz CT molecular complexity index is 125. The Kier molecular flexibility index (Phi) is 5.45. The molecule has 0 unspecified atom stereocenters. The number of rotatable bonds is 4. The molecule has 2 nitrogen and oxygen atoms in total. The van der Waals surface area contributed by atoms with E-state index >= 15 is 0 Å². The van der Waals surface area contributed by atoms with E-state index < -0.39 is 4.84 Å². The predicted octanol–water partition coefficient (Wildman–Crippen LogP) is 1.48. The van der Waals surface area contributed by atoms with Crippen LogP contribution in [0, 0.1) is 0 Å². The van der Waals surface area contributed by atoms with Crippen LogP contribution in [0.15, 0.2) is 12.7 Å². The second-order valence-electron chi connectivity index (χ2n) is 1.67. The van der Waals surface area contributed by atoms with Crippen LogP contribution < -0.4 is 5.32 Å². The van der Waals surface area contributed by atoms with Gasteiger partial charge in [-0.15, -0.1) is 23.2 Å². The Morgan fingerprint density at radius 2 is 2.30 bits per heavy atom. The number of carbonyl (C=O) groups is 1. The van der Waals surface area contributed by atoms with Crippen LogP contribution in [0.4, 0.5) is 0 Å². The number of alkyl halides is 2. The van der Waals surface area contributed by atoms with E-state index in [1.54, 1.807) is 0 Å². The first-order valence-electron chi connectivity index (χ1n) is 2.85. The molecule has 0 bridgehead atoms. The van der Waals surface area contributed by atoms with Crippen molar-refractivity contribution >= 4 is 29.1 Å². The van der Waals surface area contributed by atoms with E-state index in [0.29, 0.717) is 13.0 Å². The van der Waals surface area contributed by atoms with E-state index in [-0.39, 0.29) is 5.91 Å². The van der Waals surface area contributed by atoms with Crippen LogP contribution in [0.1, 0.15) is 6.42 Å². The summed E-state index contributed by atoms with van der Waals surface area (Å²) < 4.78 is 0. The van der Waals surface area contributed by atoms with Crippen molar-refractivity contribution in [3.8, 4) is 0 Å². The Morgan fingerprint density at radius 3 is 2.70 bits per heavy atom. The van der Waals surface area contributed by atoms with Gasteiger partial charge < -0.3 is 5.32 Å². The summed E-state index contributed by atoms with van der Waals surface area (Å²) in [5.41, 5.74) is 0. The third-order valence-corrected chi connectivity index (χ3v) is 1.28. The summed E-state index contributed by atoms with van der Waals surface area (Å²) in [4.78, 5) is 10.1. The fourth-order valence-electron chi connectivity index (χ4n) is 0.377. The zero-order valence-electron chi connectivity index (χ0n) is 5.44. The summed E-state index contributed by atoms with van der Waals surface area (Å²) in [5, 5.41) is 2.54. The lowest BCUT2D eigenvalue weighted by Gasteiger charge is -2.00. The average molecular weight is 182 g/mol. The van der Waals surface area contributed by atoms with Crippen LogP contribution in [0.3, 0.4) is 0 Å². The molecule has 0 aromatic carbocycles. The van der Waals surface area contributed by atoms with Crippen LogP contribution in [-0.2, 0) is 4.79 Å². The molecular formula is C6H9Cl2NO. The van der Waals surface area contributed by atoms with E-state index in [1.165, 1.54) is 6.08 Å². The summed E-state index contributed by atoms with van der Waals surface area (Å²) in [5.74, 6) is -0.200. The minimum absolute atomic E-state index is 0.200. The van der Waals surface area contributed by atoms with Gasteiger partial charge in [-0.25, -0.2) is 0 Å². The molecule has 4 heteroatoms. The lowest BCUT2D eigenvalue weighted by atomic mass is 10.4. The van der Waals surface area contributed by atoms with Gasteiger partial charge in [0.25, 0.3) is 0 Å². The van der Waals surface area contributed by atoms with E-state index in [2.05, 4.69) is 11.9 Å². The molecule has 0 radical (unpaired) electrons. The van der Waals surface area contributed by atoms with Crippen molar-refractivity contribution in [2.75, 3.05) is 6.54 Å². The molecule has 0 spiro atoms. The fraction of sp³-hybridized carbons (Fsp3) is 0.500. The smallest absolute Gasteiger partial charge is 0.243 e. The average Bonchev–Trinajstić information content (AvgIpc) is 1.87. The molecule has 1 N–H and O–H groups in total. The van der Waals surface area contributed by atoms with Crippen molar-refractivity contribution in [1.82, 2.24) is 5.32 Å². The summed E-state index contributed by atoms with van der Waals surface area (Å²) in [6.45, 7) is 3.77. The van der Waals surface area contributed by atoms with Gasteiger partial charge in [0.15, 0.2) is 0 Å². The largest absolute Gasteiger partial charge is 0.352 e. The second kappa shape index (κ2) is 5.57. The van der Waals surface area contributed by atoms with Gasteiger partial charge in [0.1, 0.15) is 4.84 Å². The Hall–Kier alpha value is -0.210. The standard InChI is InChI=1S/C6H9Cl2NO/c1-2-6(10)9-4-3-5(7)8/h2,5H,1,3-4H2,(H,9,10). The van der Waals surface area contributed by atoms with Gasteiger partial charge in [-0.05, 0) is 12.5 Å². The summed E-state index contributed by atoms with van der Waals surface area (Å²) >= 11 is 10.8. The molecule has 0 fully saturated rings. The maximum atomic E-state index is 10.5. The first kappa shape index (κ1) is 9.79. The van der Waals surface area contributed by atoms with Crippen molar-refractivity contribution < 1.29 is 4.79 Å². The molecule has 0 saturated carbocycles. The molecule has 1 amide bonds. The topological polar surface area (TPSA) is 29.1 Å². The molecule has 0 aromatic rings. The minimum Gasteiger partial charge on any atom is -0.352 e.